The van der Waals surface area contributed by atoms with Gasteiger partial charge in [0.2, 0.25) is 0 Å². The quantitative estimate of drug-likeness (QED) is 0.816. The molecule has 0 saturated carbocycles. The Morgan fingerprint density at radius 3 is 3.00 bits per heavy atom. The Bertz CT molecular complexity index is 434. The van der Waals surface area contributed by atoms with Crippen LogP contribution in [0.1, 0.15) is 12.5 Å². The number of anilines is 1. The normalized spacial score (nSPS) is 20.2. The predicted octanol–water partition coefficient (Wildman–Crippen LogP) is 1.19. The summed E-state index contributed by atoms with van der Waals surface area (Å²) in [5.74, 6) is -0.319. The first kappa shape index (κ1) is 12.9. The fourth-order valence-corrected chi connectivity index (χ4v) is 2.50. The second kappa shape index (κ2) is 5.40. The van der Waals surface area contributed by atoms with Crippen LogP contribution in [0.3, 0.4) is 0 Å². The SMILES string of the molecule is COC(=O)C(C)CN1CC(N)Cc2ccccc21. The number of fused-ring (bicyclic) bond motifs is 1. The van der Waals surface area contributed by atoms with E-state index in [9.17, 15) is 4.79 Å². The van der Waals surface area contributed by atoms with Crippen molar-refractivity contribution in [3.63, 3.8) is 0 Å². The van der Waals surface area contributed by atoms with Gasteiger partial charge < -0.3 is 15.4 Å². The number of carbonyl (C=O) groups excluding carboxylic acids is 1. The predicted molar refractivity (Wildman–Crippen MR) is 71.5 cm³/mol. The largest absolute Gasteiger partial charge is 0.469 e. The minimum atomic E-state index is -0.174. The van der Waals surface area contributed by atoms with Gasteiger partial charge in [-0.1, -0.05) is 25.1 Å². The molecular formula is C14H20N2O2. The highest BCUT2D eigenvalue weighted by Crippen LogP contribution is 2.27. The molecule has 98 valence electrons. The van der Waals surface area contributed by atoms with Crippen molar-refractivity contribution in [2.45, 2.75) is 19.4 Å². The van der Waals surface area contributed by atoms with Gasteiger partial charge in [0, 0.05) is 24.8 Å². The molecule has 4 heteroatoms. The lowest BCUT2D eigenvalue weighted by Crippen LogP contribution is -2.45. The standard InChI is InChI=1S/C14H20N2O2/c1-10(14(17)18-2)8-16-9-12(15)7-11-5-3-4-6-13(11)16/h3-6,10,12H,7-9,15H2,1-2H3. The number of methoxy groups -OCH3 is 1. The molecule has 2 N–H and O–H groups in total. The van der Waals surface area contributed by atoms with Crippen LogP contribution >= 0.6 is 0 Å². The Balaban J connectivity index is 2.16. The Hall–Kier alpha value is -1.55. The summed E-state index contributed by atoms with van der Waals surface area (Å²) in [6.07, 6.45) is 0.902. The van der Waals surface area contributed by atoms with E-state index in [-0.39, 0.29) is 17.9 Å². The fourth-order valence-electron chi connectivity index (χ4n) is 2.50. The number of para-hydroxylation sites is 1. The van der Waals surface area contributed by atoms with Crippen molar-refractivity contribution in [2.75, 3.05) is 25.1 Å². The van der Waals surface area contributed by atoms with Gasteiger partial charge in [0.15, 0.2) is 0 Å². The van der Waals surface area contributed by atoms with Gasteiger partial charge in [-0.15, -0.1) is 0 Å². The Labute approximate surface area is 108 Å². The molecule has 1 aliphatic heterocycles. The van der Waals surface area contributed by atoms with Crippen molar-refractivity contribution < 1.29 is 9.53 Å². The van der Waals surface area contributed by atoms with E-state index in [4.69, 9.17) is 10.5 Å². The zero-order valence-corrected chi connectivity index (χ0v) is 10.9. The van der Waals surface area contributed by atoms with Crippen LogP contribution in [-0.4, -0.2) is 32.2 Å². The van der Waals surface area contributed by atoms with Gasteiger partial charge in [0.1, 0.15) is 0 Å². The number of ether oxygens (including phenoxy) is 1. The van der Waals surface area contributed by atoms with Crippen molar-refractivity contribution in [1.82, 2.24) is 0 Å². The molecule has 2 atom stereocenters. The van der Waals surface area contributed by atoms with Crippen molar-refractivity contribution >= 4 is 11.7 Å². The van der Waals surface area contributed by atoms with Crippen LogP contribution < -0.4 is 10.6 Å². The van der Waals surface area contributed by atoms with Crippen LogP contribution in [0.5, 0.6) is 0 Å². The molecular weight excluding hydrogens is 228 g/mol. The summed E-state index contributed by atoms with van der Waals surface area (Å²) in [5, 5.41) is 0. The first-order valence-corrected chi connectivity index (χ1v) is 6.28. The molecule has 0 bridgehead atoms. The molecule has 0 fully saturated rings. The highest BCUT2D eigenvalue weighted by Gasteiger charge is 2.25. The highest BCUT2D eigenvalue weighted by molar-refractivity contribution is 5.73. The summed E-state index contributed by atoms with van der Waals surface area (Å²) in [6.45, 7) is 3.32. The first-order valence-electron chi connectivity index (χ1n) is 6.28. The first-order chi connectivity index (χ1) is 8.61. The minimum Gasteiger partial charge on any atom is -0.469 e. The van der Waals surface area contributed by atoms with Gasteiger partial charge in [0.05, 0.1) is 13.0 Å². The van der Waals surface area contributed by atoms with Crippen molar-refractivity contribution in [3.05, 3.63) is 29.8 Å². The van der Waals surface area contributed by atoms with Gasteiger partial charge in [-0.2, -0.15) is 0 Å². The molecule has 1 aromatic carbocycles. The average molecular weight is 248 g/mol. The topological polar surface area (TPSA) is 55.6 Å². The van der Waals surface area contributed by atoms with E-state index in [1.165, 1.54) is 18.4 Å². The summed E-state index contributed by atoms with van der Waals surface area (Å²) in [4.78, 5) is 13.7. The van der Waals surface area contributed by atoms with Gasteiger partial charge in [-0.3, -0.25) is 4.79 Å². The van der Waals surface area contributed by atoms with E-state index in [0.29, 0.717) is 6.54 Å². The molecule has 1 aliphatic rings. The summed E-state index contributed by atoms with van der Waals surface area (Å²) < 4.78 is 4.77. The van der Waals surface area contributed by atoms with E-state index >= 15 is 0 Å². The molecule has 0 aliphatic carbocycles. The number of esters is 1. The monoisotopic (exact) mass is 248 g/mol. The average Bonchev–Trinajstić information content (AvgIpc) is 2.37. The summed E-state index contributed by atoms with van der Waals surface area (Å²) in [5.41, 5.74) is 8.51. The molecule has 0 amide bonds. The van der Waals surface area contributed by atoms with Crippen molar-refractivity contribution in [1.29, 1.82) is 0 Å². The highest BCUT2D eigenvalue weighted by atomic mass is 16.5. The molecule has 4 nitrogen and oxygen atoms in total. The number of hydrogen-bond donors (Lipinski definition) is 1. The molecule has 0 saturated heterocycles. The maximum Gasteiger partial charge on any atom is 0.310 e. The lowest BCUT2D eigenvalue weighted by Gasteiger charge is -2.35. The Morgan fingerprint density at radius 1 is 1.56 bits per heavy atom. The number of nitrogens with zero attached hydrogens (tertiary/aromatic N) is 1. The summed E-state index contributed by atoms with van der Waals surface area (Å²) in [7, 11) is 1.43. The summed E-state index contributed by atoms with van der Waals surface area (Å²) in [6, 6.07) is 8.37. The van der Waals surface area contributed by atoms with Crippen molar-refractivity contribution in [2.24, 2.45) is 11.7 Å². The molecule has 1 aromatic rings. The van der Waals surface area contributed by atoms with Crippen LogP contribution in [0.2, 0.25) is 0 Å². The maximum absolute atomic E-state index is 11.5. The third kappa shape index (κ3) is 2.64. The Kier molecular flexibility index (Phi) is 3.87. The van der Waals surface area contributed by atoms with Crippen LogP contribution in [0.4, 0.5) is 5.69 Å². The molecule has 0 radical (unpaired) electrons. The molecule has 0 aromatic heterocycles. The lowest BCUT2D eigenvalue weighted by molar-refractivity contribution is -0.144. The van der Waals surface area contributed by atoms with Crippen LogP contribution in [0.15, 0.2) is 24.3 Å². The van der Waals surface area contributed by atoms with Gasteiger partial charge in [0.25, 0.3) is 0 Å². The molecule has 2 unspecified atom stereocenters. The van der Waals surface area contributed by atoms with Crippen molar-refractivity contribution in [3.8, 4) is 0 Å². The molecule has 18 heavy (non-hydrogen) atoms. The van der Waals surface area contributed by atoms with E-state index in [1.807, 2.05) is 19.1 Å². The third-order valence-electron chi connectivity index (χ3n) is 3.37. The number of nitrogens with two attached hydrogens (primary N) is 1. The Morgan fingerprint density at radius 2 is 2.28 bits per heavy atom. The van der Waals surface area contributed by atoms with Gasteiger partial charge in [-0.05, 0) is 18.1 Å². The minimum absolute atomic E-state index is 0.129. The van der Waals surface area contributed by atoms with Gasteiger partial charge >= 0.3 is 5.97 Å². The zero-order chi connectivity index (χ0) is 13.1. The van der Waals surface area contributed by atoms with E-state index in [0.717, 1.165) is 13.0 Å². The van der Waals surface area contributed by atoms with Gasteiger partial charge in [-0.25, -0.2) is 0 Å². The van der Waals surface area contributed by atoms with Crippen LogP contribution in [-0.2, 0) is 16.0 Å². The number of hydrogen-bond acceptors (Lipinski definition) is 4. The van der Waals surface area contributed by atoms with E-state index in [1.54, 1.807) is 0 Å². The second-order valence-corrected chi connectivity index (χ2v) is 4.92. The van der Waals surface area contributed by atoms with E-state index < -0.39 is 0 Å². The smallest absolute Gasteiger partial charge is 0.310 e. The molecule has 0 spiro atoms. The fraction of sp³-hybridized carbons (Fsp3) is 0.500. The van der Waals surface area contributed by atoms with E-state index in [2.05, 4.69) is 17.0 Å². The number of rotatable bonds is 3. The zero-order valence-electron chi connectivity index (χ0n) is 10.9. The third-order valence-corrected chi connectivity index (χ3v) is 3.37. The second-order valence-electron chi connectivity index (χ2n) is 4.92. The van der Waals surface area contributed by atoms with Crippen LogP contribution in [0, 0.1) is 5.92 Å². The van der Waals surface area contributed by atoms with Crippen LogP contribution in [0.25, 0.3) is 0 Å². The molecule has 2 rings (SSSR count). The maximum atomic E-state index is 11.5. The molecule has 1 heterocycles. The summed E-state index contributed by atoms with van der Waals surface area (Å²) >= 11 is 0. The number of carbonyl (C=O) groups is 1. The number of benzene rings is 1. The lowest BCUT2D eigenvalue weighted by atomic mass is 9.97.